The average Bonchev–Trinajstić information content (AvgIpc) is 2.07. The number of carboxylic acid groups (broad SMARTS) is 1. The fraction of sp³-hybridized carbons (Fsp3) is 0. The first-order valence-corrected chi connectivity index (χ1v) is 3.36. The van der Waals surface area contributed by atoms with Crippen LogP contribution in [0.5, 0.6) is 5.75 Å². The van der Waals surface area contributed by atoms with Gasteiger partial charge in [0.25, 0.3) is 0 Å². The first-order valence-electron chi connectivity index (χ1n) is 3.36. The molecular weight excluding hydrogens is 197 g/mol. The second kappa shape index (κ2) is 3.69. The lowest BCUT2D eigenvalue weighted by atomic mass is 10.3. The Morgan fingerprint density at radius 3 is 2.71 bits per heavy atom. The van der Waals surface area contributed by atoms with Crippen LogP contribution in [0.3, 0.4) is 0 Å². The largest absolute Gasteiger partial charge is 0.511 e. The molecular formula is C7H4FNO5. The molecule has 0 amide bonds. The Morgan fingerprint density at radius 2 is 2.21 bits per heavy atom. The molecule has 0 saturated heterocycles. The number of halogens is 1. The summed E-state index contributed by atoms with van der Waals surface area (Å²) in [5.41, 5.74) is -0.729. The molecule has 74 valence electrons. The summed E-state index contributed by atoms with van der Waals surface area (Å²) in [5.74, 6) is -1.99. The van der Waals surface area contributed by atoms with Crippen LogP contribution >= 0.6 is 0 Å². The fourth-order valence-electron chi connectivity index (χ4n) is 0.830. The number of nitrogens with zero attached hydrogens (tertiary/aromatic N) is 1. The second-order valence-electron chi connectivity index (χ2n) is 2.21. The van der Waals surface area contributed by atoms with Crippen LogP contribution in [0, 0.1) is 15.9 Å². The Kier molecular flexibility index (Phi) is 2.61. The van der Waals surface area contributed by atoms with Crippen molar-refractivity contribution in [1.82, 2.24) is 0 Å². The lowest BCUT2D eigenvalue weighted by Crippen LogP contribution is -2.06. The summed E-state index contributed by atoms with van der Waals surface area (Å²) in [5, 5.41) is 18.5. The van der Waals surface area contributed by atoms with E-state index in [1.807, 2.05) is 0 Å². The van der Waals surface area contributed by atoms with Gasteiger partial charge in [0.1, 0.15) is 0 Å². The van der Waals surface area contributed by atoms with Crippen molar-refractivity contribution < 1.29 is 24.0 Å². The first-order chi connectivity index (χ1) is 6.52. The molecule has 0 fully saturated rings. The molecule has 1 rings (SSSR count). The number of carbonyl (C=O) groups is 1. The molecule has 0 atom stereocenters. The third-order valence-electron chi connectivity index (χ3n) is 1.33. The van der Waals surface area contributed by atoms with Crippen LogP contribution in [-0.2, 0) is 0 Å². The van der Waals surface area contributed by atoms with E-state index in [0.29, 0.717) is 0 Å². The fourth-order valence-corrected chi connectivity index (χ4v) is 0.830. The van der Waals surface area contributed by atoms with Gasteiger partial charge in [0, 0.05) is 6.07 Å². The number of hydrogen-bond acceptors (Lipinski definition) is 4. The van der Waals surface area contributed by atoms with E-state index in [0.717, 1.165) is 18.2 Å². The number of hydrogen-bond donors (Lipinski definition) is 1. The van der Waals surface area contributed by atoms with Crippen molar-refractivity contribution >= 4 is 11.8 Å². The molecule has 0 aliphatic carbocycles. The van der Waals surface area contributed by atoms with Crippen LogP contribution in [0.15, 0.2) is 18.2 Å². The molecule has 0 unspecified atom stereocenters. The molecule has 0 radical (unpaired) electrons. The maximum Gasteiger partial charge on any atom is 0.511 e. The molecule has 1 N–H and O–H groups in total. The Morgan fingerprint density at radius 1 is 1.57 bits per heavy atom. The van der Waals surface area contributed by atoms with Gasteiger partial charge < -0.3 is 9.84 Å². The van der Waals surface area contributed by atoms with Crippen LogP contribution in [0.25, 0.3) is 0 Å². The summed E-state index contributed by atoms with van der Waals surface area (Å²) < 4.78 is 16.8. The van der Waals surface area contributed by atoms with Gasteiger partial charge in [0.05, 0.1) is 4.92 Å². The topological polar surface area (TPSA) is 89.7 Å². The van der Waals surface area contributed by atoms with Gasteiger partial charge in [-0.05, 0) is 6.07 Å². The van der Waals surface area contributed by atoms with E-state index in [4.69, 9.17) is 5.11 Å². The summed E-state index contributed by atoms with van der Waals surface area (Å²) in [6, 6.07) is 2.90. The average molecular weight is 201 g/mol. The van der Waals surface area contributed by atoms with E-state index in [1.165, 1.54) is 0 Å². The molecule has 6 nitrogen and oxygen atoms in total. The highest BCUT2D eigenvalue weighted by atomic mass is 19.1. The van der Waals surface area contributed by atoms with Crippen LogP contribution < -0.4 is 4.74 Å². The van der Waals surface area contributed by atoms with Gasteiger partial charge >= 0.3 is 11.8 Å². The zero-order valence-corrected chi connectivity index (χ0v) is 6.64. The van der Waals surface area contributed by atoms with Crippen molar-refractivity contribution in [3.63, 3.8) is 0 Å². The van der Waals surface area contributed by atoms with E-state index in [1.54, 1.807) is 0 Å². The maximum absolute atomic E-state index is 12.9. The van der Waals surface area contributed by atoms with Crippen molar-refractivity contribution in [2.45, 2.75) is 0 Å². The Hall–Kier alpha value is -2.18. The molecule has 0 heterocycles. The normalized spacial score (nSPS) is 9.50. The quantitative estimate of drug-likeness (QED) is 0.341. The minimum Gasteiger partial charge on any atom is -0.449 e. The molecule has 0 spiro atoms. The van der Waals surface area contributed by atoms with Crippen molar-refractivity contribution in [3.05, 3.63) is 34.1 Å². The predicted octanol–water partition coefficient (Wildman–Crippen LogP) is 1.79. The monoisotopic (exact) mass is 201 g/mol. The van der Waals surface area contributed by atoms with Gasteiger partial charge in [0.2, 0.25) is 5.75 Å². The minimum atomic E-state index is -1.81. The molecule has 0 aliphatic heterocycles. The van der Waals surface area contributed by atoms with Crippen molar-refractivity contribution in [2.75, 3.05) is 0 Å². The van der Waals surface area contributed by atoms with Gasteiger partial charge in [-0.3, -0.25) is 10.1 Å². The van der Waals surface area contributed by atoms with Gasteiger partial charge in [-0.1, -0.05) is 6.07 Å². The Labute approximate surface area is 76.7 Å². The summed E-state index contributed by atoms with van der Waals surface area (Å²) >= 11 is 0. The lowest BCUT2D eigenvalue weighted by molar-refractivity contribution is -0.385. The number of ether oxygens (including phenoxy) is 1. The lowest BCUT2D eigenvalue weighted by Gasteiger charge is -2.01. The SMILES string of the molecule is O=C(O)Oc1c(F)cccc1[N+](=O)[O-]. The zero-order valence-electron chi connectivity index (χ0n) is 6.64. The highest BCUT2D eigenvalue weighted by Crippen LogP contribution is 2.29. The third kappa shape index (κ3) is 1.94. The number of para-hydroxylation sites is 1. The summed E-state index contributed by atoms with van der Waals surface area (Å²) in [6.07, 6.45) is -1.81. The van der Waals surface area contributed by atoms with Crippen molar-refractivity contribution in [3.8, 4) is 5.75 Å². The second-order valence-corrected chi connectivity index (χ2v) is 2.21. The zero-order chi connectivity index (χ0) is 10.7. The van der Waals surface area contributed by atoms with Gasteiger partial charge in [-0.2, -0.15) is 0 Å². The van der Waals surface area contributed by atoms with Gasteiger partial charge in [0.15, 0.2) is 5.82 Å². The van der Waals surface area contributed by atoms with E-state index in [-0.39, 0.29) is 0 Å². The van der Waals surface area contributed by atoms with E-state index < -0.39 is 28.3 Å². The van der Waals surface area contributed by atoms with E-state index >= 15 is 0 Å². The number of benzene rings is 1. The first kappa shape index (κ1) is 9.90. The van der Waals surface area contributed by atoms with Crippen molar-refractivity contribution in [2.24, 2.45) is 0 Å². The molecule has 1 aromatic carbocycles. The standard InChI is InChI=1S/C7H4FNO5/c8-4-2-1-3-5(9(12)13)6(4)14-7(10)11/h1-3H,(H,10,11). The minimum absolute atomic E-state index is 0.729. The van der Waals surface area contributed by atoms with Crippen LogP contribution in [0.4, 0.5) is 14.9 Å². The van der Waals surface area contributed by atoms with Crippen LogP contribution in [0.1, 0.15) is 0 Å². The summed E-state index contributed by atoms with van der Waals surface area (Å²) in [4.78, 5) is 19.5. The molecule has 1 aromatic rings. The van der Waals surface area contributed by atoms with Crippen molar-refractivity contribution in [1.29, 1.82) is 0 Å². The number of rotatable bonds is 2. The highest BCUT2D eigenvalue weighted by molar-refractivity contribution is 5.64. The molecule has 0 aromatic heterocycles. The van der Waals surface area contributed by atoms with E-state index in [9.17, 15) is 19.3 Å². The predicted molar refractivity (Wildman–Crippen MR) is 41.7 cm³/mol. The molecule has 14 heavy (non-hydrogen) atoms. The van der Waals surface area contributed by atoms with Crippen LogP contribution in [0.2, 0.25) is 0 Å². The van der Waals surface area contributed by atoms with Crippen LogP contribution in [-0.4, -0.2) is 16.2 Å². The molecule has 0 bridgehead atoms. The molecule has 7 heteroatoms. The summed E-state index contributed by atoms with van der Waals surface area (Å²) in [6.45, 7) is 0. The molecule has 0 saturated carbocycles. The third-order valence-corrected chi connectivity index (χ3v) is 1.33. The Bertz CT molecular complexity index is 392. The maximum atomic E-state index is 12.9. The van der Waals surface area contributed by atoms with Gasteiger partial charge in [-0.25, -0.2) is 9.18 Å². The highest BCUT2D eigenvalue weighted by Gasteiger charge is 2.21. The number of nitro groups is 1. The Balaban J connectivity index is 3.22. The summed E-state index contributed by atoms with van der Waals surface area (Å²) in [7, 11) is 0. The number of nitro benzene ring substituents is 1. The smallest absolute Gasteiger partial charge is 0.449 e. The molecule has 0 aliphatic rings. The van der Waals surface area contributed by atoms with Gasteiger partial charge in [-0.15, -0.1) is 0 Å². The van der Waals surface area contributed by atoms with E-state index in [2.05, 4.69) is 4.74 Å².